The van der Waals surface area contributed by atoms with Gasteiger partial charge in [0.05, 0.1) is 80.8 Å². The van der Waals surface area contributed by atoms with Crippen LogP contribution in [0.2, 0.25) is 0 Å². The number of hydrogen-bond acceptors (Lipinski definition) is 29. The molecule has 31 heteroatoms. The van der Waals surface area contributed by atoms with Crippen LogP contribution >= 0.6 is 0 Å². The summed E-state index contributed by atoms with van der Waals surface area (Å²) < 4.78 is 0. The molecule has 377 valence electrons. The van der Waals surface area contributed by atoms with E-state index < -0.39 is 76.3 Å². The van der Waals surface area contributed by atoms with E-state index in [-0.39, 0.29) is 129 Å². The number of aliphatic hydroxyl groups excluding tert-OH is 1. The van der Waals surface area contributed by atoms with Crippen LogP contribution in [0.3, 0.4) is 0 Å². The number of hydrogen-bond donors (Lipinski definition) is 1. The molecule has 0 saturated carbocycles. The number of rotatable bonds is 22. The summed E-state index contributed by atoms with van der Waals surface area (Å²) in [4.78, 5) is 213. The van der Waals surface area contributed by atoms with Crippen LogP contribution in [-0.4, -0.2) is 128 Å². The van der Waals surface area contributed by atoms with Crippen molar-refractivity contribution in [2.24, 2.45) is 0 Å². The Morgan fingerprint density at radius 2 is 0.348 bits per heavy atom. The fourth-order valence-corrected chi connectivity index (χ4v) is 2.59. The molecule has 0 aromatic rings. The Kier molecular flexibility index (Phi) is 70.1. The Hall–Kier alpha value is -4.00. The molecule has 0 heterocycles. The molecule has 0 aromatic heterocycles. The molecule has 0 aromatic carbocycles. The van der Waals surface area contributed by atoms with E-state index >= 15 is 0 Å². The van der Waals surface area contributed by atoms with Crippen LogP contribution in [0.15, 0.2) is 0 Å². The summed E-state index contributed by atoms with van der Waals surface area (Å²) in [6, 6.07) is 0. The molecule has 1 radical (unpaired) electrons. The van der Waals surface area contributed by atoms with E-state index in [2.05, 4.69) is 88.4 Å². The van der Waals surface area contributed by atoms with Gasteiger partial charge in [0.25, 0.3) is 0 Å². The normalized spacial score (nSPS) is 8.25. The van der Waals surface area contributed by atoms with Gasteiger partial charge < -0.3 is 127 Å². The molecule has 0 amide bonds. The van der Waals surface area contributed by atoms with Crippen molar-refractivity contribution in [2.45, 2.75) is 107 Å². The van der Waals surface area contributed by atoms with Crippen LogP contribution < -0.4 is 0 Å². The molecule has 0 saturated heterocycles. The molecule has 1 N–H and O–H groups in total. The van der Waals surface area contributed by atoms with Crippen molar-refractivity contribution >= 4 is 205 Å². The first-order valence-electron chi connectivity index (χ1n) is 17.4. The van der Waals surface area contributed by atoms with Crippen molar-refractivity contribution in [3.63, 3.8) is 0 Å². The maximum atomic E-state index is 10.3. The second-order valence-corrected chi connectivity index (χ2v) is 14.4. The Morgan fingerprint density at radius 3 is 0.362 bits per heavy atom. The molecule has 0 aliphatic rings. The van der Waals surface area contributed by atoms with Crippen LogP contribution in [0.4, 0.5) is 0 Å². The third kappa shape index (κ3) is 87.6. The third-order valence-corrected chi connectivity index (χ3v) is 6.28. The van der Waals surface area contributed by atoms with E-state index in [0.29, 0.717) is 6.61 Å². The topological polar surface area (TPSA) is 379 Å². The largest absolute Gasteiger partial charge is 4.00 e. The van der Waals surface area contributed by atoms with Gasteiger partial charge in [-0.25, -0.2) is 0 Å². The second-order valence-electron chi connectivity index (χ2n) is 11.8. The van der Waals surface area contributed by atoms with Crippen LogP contribution in [0, 0.1) is 0 Å². The van der Waals surface area contributed by atoms with Crippen molar-refractivity contribution in [1.29, 1.82) is 0 Å². The third-order valence-electron chi connectivity index (χ3n) is 4.68. The summed E-state index contributed by atoms with van der Waals surface area (Å²) in [5.74, 6) is -7.90. The molecule has 22 nitrogen and oxygen atoms in total. The van der Waals surface area contributed by atoms with Crippen molar-refractivity contribution in [3.8, 4) is 0 Å². The van der Waals surface area contributed by atoms with Gasteiger partial charge in [-0.2, -0.15) is 0 Å². The molecule has 0 aliphatic carbocycles. The number of carbonyl (C=O) groups is 21. The van der Waals surface area contributed by atoms with Crippen LogP contribution in [-0.2, 0) is 233 Å². The van der Waals surface area contributed by atoms with Crippen molar-refractivity contribution in [2.75, 3.05) is 6.61 Å². The van der Waals surface area contributed by atoms with Gasteiger partial charge in [-0.3, -0.25) is 67.1 Å². The standard InChI is InChI=1S/7C5H6O3S.C3H8O.2Ti/c7*1-3(6)2-4(7)5(8)9;1-2-3-4;;/h7*2H2,1H3,(H,8,9);4H,2-3H2,1H3;;/q;;;;;;;;+3;+4/p-7. The van der Waals surface area contributed by atoms with Gasteiger partial charge in [-0.05, 0) is 54.9 Å². The minimum atomic E-state index is -0.967. The molecule has 0 spiro atoms. The van der Waals surface area contributed by atoms with E-state index in [0.717, 1.165) is 6.42 Å². The molecule has 0 rings (SSSR count). The van der Waals surface area contributed by atoms with Gasteiger partial charge in [-0.15, -0.1) is 0 Å². The fraction of sp³-hybridized carbons (Fsp3) is 0.447. The molecule has 69 heavy (non-hydrogen) atoms. The van der Waals surface area contributed by atoms with Crippen molar-refractivity contribution in [1.82, 2.24) is 0 Å². The zero-order valence-electron chi connectivity index (χ0n) is 37.7. The van der Waals surface area contributed by atoms with Crippen LogP contribution in [0.25, 0.3) is 0 Å². The van der Waals surface area contributed by atoms with Gasteiger partial charge in [-0.1, -0.05) is 6.92 Å². The monoisotopic (exact) mass is 1170 g/mol. The summed E-state index contributed by atoms with van der Waals surface area (Å²) in [6.07, 6.45) is -1.64. The summed E-state index contributed by atoms with van der Waals surface area (Å²) in [5, 5.41) is 1.10. The Balaban J connectivity index is -0.0000000722. The SMILES string of the molecule is CC(=O)CC(=O)C(=O)[S-].CC(=O)CC(=O)C(=O)[S-].CC(=O)CC(=O)C(=O)[S-].CC(=O)CC(=O)C(=O)[S-].CC(=O)CC(=O)C(=O)[S-].CC(=O)CC(=O)C(=O)[S-].CC(=O)CC(=O)C(=O)[S-].CCCO.[Ti+3].[Ti+4]. The van der Waals surface area contributed by atoms with E-state index in [1.807, 2.05) is 6.92 Å². The van der Waals surface area contributed by atoms with Gasteiger partial charge in [0.2, 0.25) is 0 Å². The minimum Gasteiger partial charge on any atom is -0.734 e. The van der Waals surface area contributed by atoms with E-state index in [1.54, 1.807) is 0 Å². The average molecular weight is 1170 g/mol. The fourth-order valence-electron chi connectivity index (χ4n) is 2.09. The predicted molar refractivity (Wildman–Crippen MR) is 246 cm³/mol. The van der Waals surface area contributed by atoms with E-state index in [1.165, 1.54) is 48.5 Å². The Morgan fingerprint density at radius 1 is 0.275 bits per heavy atom. The summed E-state index contributed by atoms with van der Waals surface area (Å²) in [6.45, 7) is 10.9. The summed E-state index contributed by atoms with van der Waals surface area (Å²) >= 11 is 27.9. The smallest absolute Gasteiger partial charge is 0.734 e. The first kappa shape index (κ1) is 88.0. The predicted octanol–water partition coefficient (Wildman–Crippen LogP) is -2.36. The maximum absolute atomic E-state index is 10.3. The maximum Gasteiger partial charge on any atom is 4.00 e. The molecule has 0 fully saturated rings. The van der Waals surface area contributed by atoms with Gasteiger partial charge in [0.15, 0.2) is 40.5 Å². The molecular weight excluding hydrogens is 1130 g/mol. The molecular formula is C38H43O22S7Ti2. The van der Waals surface area contributed by atoms with Crippen molar-refractivity contribution in [3.05, 3.63) is 0 Å². The molecule has 0 atom stereocenters. The van der Waals surface area contributed by atoms with Gasteiger partial charge in [0.1, 0.15) is 40.5 Å². The summed E-state index contributed by atoms with van der Waals surface area (Å²) in [7, 11) is 0. The molecule has 0 unspecified atom stereocenters. The Labute approximate surface area is 464 Å². The van der Waals surface area contributed by atoms with Gasteiger partial charge in [0, 0.05) is 6.61 Å². The average Bonchev–Trinajstić information content (AvgIpc) is 3.14. The zero-order chi connectivity index (χ0) is 55.5. The molecule has 0 bridgehead atoms. The summed E-state index contributed by atoms with van der Waals surface area (Å²) in [5.41, 5.74) is 0. The number of ketones is 14. The van der Waals surface area contributed by atoms with Crippen molar-refractivity contribution < 1.29 is 149 Å². The number of Topliss-reactive ketones (excluding diaryl/α,β-unsaturated/α-hetero) is 14. The zero-order valence-corrected chi connectivity index (χ0v) is 46.6. The quantitative estimate of drug-likeness (QED) is 0.0513. The van der Waals surface area contributed by atoms with Crippen LogP contribution in [0.1, 0.15) is 107 Å². The van der Waals surface area contributed by atoms with Crippen LogP contribution in [0.5, 0.6) is 0 Å². The number of carbonyl (C=O) groups excluding carboxylic acids is 21. The first-order chi connectivity index (χ1) is 30.2. The van der Waals surface area contributed by atoms with Gasteiger partial charge >= 0.3 is 43.4 Å². The Bertz CT molecular complexity index is 1550. The molecule has 0 aliphatic heterocycles. The van der Waals surface area contributed by atoms with E-state index in [9.17, 15) is 101 Å². The van der Waals surface area contributed by atoms with E-state index in [4.69, 9.17) is 5.11 Å². The minimum absolute atomic E-state index is 0. The first-order valence-corrected chi connectivity index (χ1v) is 20.3. The number of aliphatic hydroxyl groups is 1. The second kappa shape index (κ2) is 54.9.